The van der Waals surface area contributed by atoms with Crippen LogP contribution in [0.2, 0.25) is 0 Å². The van der Waals surface area contributed by atoms with Crippen molar-refractivity contribution in [2.24, 2.45) is 0 Å². The van der Waals surface area contributed by atoms with Gasteiger partial charge in [0.2, 0.25) is 0 Å². The lowest BCUT2D eigenvalue weighted by atomic mass is 10.3. The minimum absolute atomic E-state index is 1.07. The number of nitrogens with one attached hydrogen (secondary N) is 1. The highest BCUT2D eigenvalue weighted by molar-refractivity contribution is 5.76. The molecule has 0 aromatic carbocycles. The summed E-state index contributed by atoms with van der Waals surface area (Å²) in [6.45, 7) is 0. The lowest BCUT2D eigenvalue weighted by Gasteiger charge is -1.96. The fourth-order valence-electron chi connectivity index (χ4n) is 0.243. The van der Waals surface area contributed by atoms with E-state index in [4.69, 9.17) is 10.4 Å². The van der Waals surface area contributed by atoms with Crippen LogP contribution in [0.1, 0.15) is 0 Å². The Morgan fingerprint density at radius 2 is 2.50 bits per heavy atom. The molecule has 44 valence electrons. The maximum Gasteiger partial charge on any atom is 0.335 e. The normalized spacial score (nSPS) is 12.0. The summed E-state index contributed by atoms with van der Waals surface area (Å²) in [4.78, 5) is 9.88. The van der Waals surface area contributed by atoms with Crippen molar-refractivity contribution in [2.45, 2.75) is 6.04 Å². The summed E-state index contributed by atoms with van der Waals surface area (Å²) in [5.41, 5.74) is 0. The van der Waals surface area contributed by atoms with Crippen LogP contribution in [0.3, 0.4) is 0 Å². The lowest BCUT2D eigenvalue weighted by molar-refractivity contribution is -0.137. The van der Waals surface area contributed by atoms with E-state index in [1.54, 1.807) is 6.07 Å². The van der Waals surface area contributed by atoms with Crippen LogP contribution in [-0.2, 0) is 4.79 Å². The zero-order valence-electron chi connectivity index (χ0n) is 4.38. The molecular formula is C4H6N2O2. The van der Waals surface area contributed by atoms with Gasteiger partial charge in [-0.15, -0.1) is 0 Å². The number of nitriles is 1. The van der Waals surface area contributed by atoms with Gasteiger partial charge in [0.15, 0.2) is 6.04 Å². The molecule has 0 aromatic heterocycles. The average molecular weight is 114 g/mol. The summed E-state index contributed by atoms with van der Waals surface area (Å²) in [6, 6.07) is 0.466. The Kier molecular flexibility index (Phi) is 2.59. The molecule has 8 heavy (non-hydrogen) atoms. The summed E-state index contributed by atoms with van der Waals surface area (Å²) in [7, 11) is 1.42. The maximum absolute atomic E-state index is 9.88. The SMILES string of the molecule is CNC(C#N)C(=O)O. The first kappa shape index (κ1) is 6.92. The first-order valence-electron chi connectivity index (χ1n) is 2.02. The van der Waals surface area contributed by atoms with Crippen molar-refractivity contribution in [2.75, 3.05) is 7.05 Å². The molecular weight excluding hydrogens is 108 g/mol. The van der Waals surface area contributed by atoms with Crippen LogP contribution < -0.4 is 5.32 Å². The molecule has 0 aliphatic rings. The van der Waals surface area contributed by atoms with E-state index in [-0.39, 0.29) is 0 Å². The van der Waals surface area contributed by atoms with Crippen molar-refractivity contribution in [1.29, 1.82) is 5.26 Å². The standard InChI is InChI=1S/C4H6N2O2/c1-6-3(2-5)4(7)8/h3,6H,1H3,(H,7,8). The Balaban J connectivity index is 3.76. The van der Waals surface area contributed by atoms with E-state index in [2.05, 4.69) is 5.32 Å². The Bertz CT molecular complexity index is 126. The Morgan fingerprint density at radius 3 is 2.50 bits per heavy atom. The van der Waals surface area contributed by atoms with Crippen LogP contribution in [0.25, 0.3) is 0 Å². The van der Waals surface area contributed by atoms with E-state index in [0.29, 0.717) is 0 Å². The Labute approximate surface area is 46.7 Å². The van der Waals surface area contributed by atoms with Crippen LogP contribution in [0.15, 0.2) is 0 Å². The molecule has 0 rings (SSSR count). The largest absolute Gasteiger partial charge is 0.479 e. The molecule has 0 aliphatic carbocycles. The predicted octanol–water partition coefficient (Wildman–Crippen LogP) is -0.817. The molecule has 0 radical (unpaired) electrons. The molecule has 0 fully saturated rings. The topological polar surface area (TPSA) is 73.1 Å². The molecule has 1 unspecified atom stereocenters. The van der Waals surface area contributed by atoms with Gasteiger partial charge in [-0.2, -0.15) is 5.26 Å². The summed E-state index contributed by atoms with van der Waals surface area (Å²) in [6.07, 6.45) is 0. The molecule has 0 bridgehead atoms. The fraction of sp³-hybridized carbons (Fsp3) is 0.500. The number of rotatable bonds is 2. The van der Waals surface area contributed by atoms with Gasteiger partial charge in [0, 0.05) is 0 Å². The van der Waals surface area contributed by atoms with E-state index in [0.717, 1.165) is 0 Å². The van der Waals surface area contributed by atoms with Crippen molar-refractivity contribution in [3.8, 4) is 6.07 Å². The molecule has 0 heterocycles. The number of carboxylic acids is 1. The number of carbonyl (C=O) groups is 1. The zero-order chi connectivity index (χ0) is 6.57. The monoisotopic (exact) mass is 114 g/mol. The molecule has 0 saturated carbocycles. The summed E-state index contributed by atoms with van der Waals surface area (Å²) in [5.74, 6) is -1.14. The quantitative estimate of drug-likeness (QED) is 0.492. The third-order valence-electron chi connectivity index (χ3n) is 0.665. The second kappa shape index (κ2) is 2.99. The minimum atomic E-state index is -1.14. The van der Waals surface area contributed by atoms with E-state index in [9.17, 15) is 4.79 Å². The Morgan fingerprint density at radius 1 is 2.00 bits per heavy atom. The third kappa shape index (κ3) is 1.58. The van der Waals surface area contributed by atoms with Crippen molar-refractivity contribution in [1.82, 2.24) is 5.32 Å². The van der Waals surface area contributed by atoms with E-state index >= 15 is 0 Å². The van der Waals surface area contributed by atoms with Gasteiger partial charge >= 0.3 is 5.97 Å². The minimum Gasteiger partial charge on any atom is -0.479 e. The second-order valence-electron chi connectivity index (χ2n) is 1.19. The van der Waals surface area contributed by atoms with Crippen molar-refractivity contribution >= 4 is 5.97 Å². The van der Waals surface area contributed by atoms with Gasteiger partial charge in [0.25, 0.3) is 0 Å². The molecule has 0 saturated heterocycles. The van der Waals surface area contributed by atoms with Gasteiger partial charge in [-0.1, -0.05) is 0 Å². The number of hydrogen-bond donors (Lipinski definition) is 2. The Hall–Kier alpha value is -1.08. The predicted molar refractivity (Wildman–Crippen MR) is 26.1 cm³/mol. The molecule has 0 aliphatic heterocycles. The van der Waals surface area contributed by atoms with Crippen LogP contribution in [-0.4, -0.2) is 24.2 Å². The van der Waals surface area contributed by atoms with E-state index < -0.39 is 12.0 Å². The van der Waals surface area contributed by atoms with Crippen LogP contribution in [0, 0.1) is 11.3 Å². The van der Waals surface area contributed by atoms with Crippen molar-refractivity contribution in [3.05, 3.63) is 0 Å². The number of aliphatic carboxylic acids is 1. The number of likely N-dealkylation sites (N-methyl/N-ethyl adjacent to an activating group) is 1. The lowest BCUT2D eigenvalue weighted by Crippen LogP contribution is -2.31. The van der Waals surface area contributed by atoms with Crippen molar-refractivity contribution in [3.63, 3.8) is 0 Å². The first-order chi connectivity index (χ1) is 3.72. The van der Waals surface area contributed by atoms with Gasteiger partial charge in [-0.25, -0.2) is 4.79 Å². The average Bonchev–Trinajstić information content (AvgIpc) is 1.69. The summed E-state index contributed by atoms with van der Waals surface area (Å²) < 4.78 is 0. The van der Waals surface area contributed by atoms with E-state index in [1.165, 1.54) is 7.05 Å². The highest BCUT2D eigenvalue weighted by atomic mass is 16.4. The maximum atomic E-state index is 9.88. The zero-order valence-corrected chi connectivity index (χ0v) is 4.38. The highest BCUT2D eigenvalue weighted by Crippen LogP contribution is 1.75. The summed E-state index contributed by atoms with van der Waals surface area (Å²) >= 11 is 0. The summed E-state index contributed by atoms with van der Waals surface area (Å²) in [5, 5.41) is 18.4. The number of hydrogen-bond acceptors (Lipinski definition) is 3. The third-order valence-corrected chi connectivity index (χ3v) is 0.665. The van der Waals surface area contributed by atoms with Gasteiger partial charge in [0.05, 0.1) is 6.07 Å². The fourth-order valence-corrected chi connectivity index (χ4v) is 0.243. The van der Waals surface area contributed by atoms with Crippen molar-refractivity contribution < 1.29 is 9.90 Å². The number of nitrogens with zero attached hydrogens (tertiary/aromatic N) is 1. The van der Waals surface area contributed by atoms with Gasteiger partial charge in [-0.05, 0) is 7.05 Å². The molecule has 2 N–H and O–H groups in total. The van der Waals surface area contributed by atoms with E-state index in [1.807, 2.05) is 0 Å². The molecule has 0 amide bonds. The molecule has 4 nitrogen and oxygen atoms in total. The second-order valence-corrected chi connectivity index (χ2v) is 1.19. The smallest absolute Gasteiger partial charge is 0.335 e. The van der Waals surface area contributed by atoms with Crippen LogP contribution in [0.5, 0.6) is 0 Å². The highest BCUT2D eigenvalue weighted by Gasteiger charge is 2.11. The van der Waals surface area contributed by atoms with Gasteiger partial charge in [-0.3, -0.25) is 5.32 Å². The van der Waals surface area contributed by atoms with Gasteiger partial charge in [0.1, 0.15) is 0 Å². The molecule has 4 heteroatoms. The van der Waals surface area contributed by atoms with Crippen LogP contribution >= 0.6 is 0 Å². The first-order valence-corrected chi connectivity index (χ1v) is 2.02. The molecule has 0 aromatic rings. The number of carboxylic acid groups (broad SMARTS) is 1. The van der Waals surface area contributed by atoms with Gasteiger partial charge < -0.3 is 5.11 Å². The molecule has 1 atom stereocenters. The van der Waals surface area contributed by atoms with Crippen LogP contribution in [0.4, 0.5) is 0 Å². The molecule has 0 spiro atoms.